The zero-order chi connectivity index (χ0) is 17.0. The van der Waals surface area contributed by atoms with E-state index in [9.17, 15) is 4.79 Å². The van der Waals surface area contributed by atoms with E-state index in [1.807, 2.05) is 31.2 Å². The Morgan fingerprint density at radius 1 is 1.23 bits per heavy atom. The summed E-state index contributed by atoms with van der Waals surface area (Å²) in [4.78, 5) is 12.2. The monoisotopic (exact) mass is 320 g/mol. The number of hydrogen-bond donors (Lipinski definition) is 0. The Hall–Kier alpha value is -1.55. The molecule has 1 aromatic carbocycles. The van der Waals surface area contributed by atoms with E-state index in [1.165, 1.54) is 0 Å². The van der Waals surface area contributed by atoms with Gasteiger partial charge in [-0.15, -0.1) is 0 Å². The minimum absolute atomic E-state index is 0.0276. The average molecular weight is 321 g/mol. The van der Waals surface area contributed by atoms with Crippen molar-refractivity contribution in [1.82, 2.24) is 0 Å². The van der Waals surface area contributed by atoms with Crippen LogP contribution in [-0.4, -0.2) is 14.3 Å². The Labute approximate surface area is 135 Å². The van der Waals surface area contributed by atoms with Crippen LogP contribution in [0.2, 0.25) is 18.1 Å². The molecule has 1 rings (SSSR count). The average Bonchev–Trinajstić information content (AvgIpc) is 2.34. The molecule has 0 aliphatic heterocycles. The standard InChI is InChI=1S/C18H28O3Si/c1-14(2)20-13-16-10-8-9-15(11-16)12-17(19)21-22(6,7)18(3,4)5/h8-11H,1,12-13H2,2-7H3. The lowest BCUT2D eigenvalue weighted by molar-refractivity contribution is -0.134. The van der Waals surface area contributed by atoms with Crippen molar-refractivity contribution in [3.63, 3.8) is 0 Å². The van der Waals surface area contributed by atoms with Gasteiger partial charge in [-0.3, -0.25) is 4.79 Å². The Morgan fingerprint density at radius 3 is 2.36 bits per heavy atom. The molecule has 0 aliphatic rings. The van der Waals surface area contributed by atoms with Crippen molar-refractivity contribution in [3.05, 3.63) is 47.7 Å². The van der Waals surface area contributed by atoms with E-state index in [1.54, 1.807) is 0 Å². The highest BCUT2D eigenvalue weighted by molar-refractivity contribution is 6.75. The molecule has 122 valence electrons. The van der Waals surface area contributed by atoms with Gasteiger partial charge in [-0.1, -0.05) is 51.6 Å². The molecule has 0 unspecified atom stereocenters. The lowest BCUT2D eigenvalue weighted by Crippen LogP contribution is -2.43. The molecule has 0 N–H and O–H groups in total. The van der Waals surface area contributed by atoms with Gasteiger partial charge in [0.15, 0.2) is 0 Å². The van der Waals surface area contributed by atoms with Crippen LogP contribution in [0.4, 0.5) is 0 Å². The predicted octanol–water partition coefficient (Wildman–Crippen LogP) is 4.83. The van der Waals surface area contributed by atoms with E-state index < -0.39 is 8.32 Å². The minimum atomic E-state index is -2.05. The van der Waals surface area contributed by atoms with Gasteiger partial charge in [-0.05, 0) is 36.2 Å². The molecule has 0 amide bonds. The maximum Gasteiger partial charge on any atom is 0.296 e. The smallest absolute Gasteiger partial charge is 0.296 e. The second-order valence-corrected chi connectivity index (χ2v) is 11.9. The topological polar surface area (TPSA) is 35.5 Å². The summed E-state index contributed by atoms with van der Waals surface area (Å²) >= 11 is 0. The first-order valence-corrected chi connectivity index (χ1v) is 10.5. The number of allylic oxidation sites excluding steroid dienone is 1. The molecular formula is C18H28O3Si. The molecule has 0 aromatic heterocycles. The number of hydrogen-bond acceptors (Lipinski definition) is 3. The summed E-state index contributed by atoms with van der Waals surface area (Å²) in [6.07, 6.45) is 0.299. The van der Waals surface area contributed by atoms with Crippen LogP contribution in [0.5, 0.6) is 0 Å². The van der Waals surface area contributed by atoms with Crippen LogP contribution < -0.4 is 0 Å². The minimum Gasteiger partial charge on any atom is -0.519 e. The van der Waals surface area contributed by atoms with Crippen LogP contribution in [0.1, 0.15) is 38.8 Å². The fourth-order valence-electron chi connectivity index (χ4n) is 1.68. The third-order valence-electron chi connectivity index (χ3n) is 4.00. The second-order valence-electron chi connectivity index (χ2n) is 7.22. The Morgan fingerprint density at radius 2 is 1.82 bits per heavy atom. The molecule has 0 aliphatic carbocycles. The molecular weight excluding hydrogens is 292 g/mol. The summed E-state index contributed by atoms with van der Waals surface area (Å²) in [5, 5.41) is 0.0276. The maximum absolute atomic E-state index is 12.2. The molecule has 0 saturated carbocycles. The summed E-state index contributed by atoms with van der Waals surface area (Å²) in [5.41, 5.74) is 1.98. The molecule has 3 nitrogen and oxygen atoms in total. The lowest BCUT2D eigenvalue weighted by Gasteiger charge is -2.35. The normalized spacial score (nSPS) is 11.9. The highest BCUT2D eigenvalue weighted by Gasteiger charge is 2.40. The quantitative estimate of drug-likeness (QED) is 0.556. The third-order valence-corrected chi connectivity index (χ3v) is 8.35. The van der Waals surface area contributed by atoms with E-state index >= 15 is 0 Å². The second kappa shape index (κ2) is 7.14. The van der Waals surface area contributed by atoms with Crippen LogP contribution >= 0.6 is 0 Å². The van der Waals surface area contributed by atoms with Crippen molar-refractivity contribution in [3.8, 4) is 0 Å². The first kappa shape index (κ1) is 18.5. The van der Waals surface area contributed by atoms with Gasteiger partial charge in [-0.25, -0.2) is 0 Å². The van der Waals surface area contributed by atoms with Crippen molar-refractivity contribution < 1.29 is 14.0 Å². The van der Waals surface area contributed by atoms with E-state index in [2.05, 4.69) is 40.4 Å². The fourth-order valence-corrected chi connectivity index (χ4v) is 2.62. The summed E-state index contributed by atoms with van der Waals surface area (Å²) in [5.74, 6) is 0.535. The molecule has 0 heterocycles. The van der Waals surface area contributed by atoms with Crippen molar-refractivity contribution in [2.75, 3.05) is 0 Å². The highest BCUT2D eigenvalue weighted by Crippen LogP contribution is 2.36. The Kier molecular flexibility index (Phi) is 6.00. The summed E-state index contributed by atoms with van der Waals surface area (Å²) < 4.78 is 11.2. The fraction of sp³-hybridized carbons (Fsp3) is 0.500. The number of ether oxygens (including phenoxy) is 1. The van der Waals surface area contributed by atoms with Crippen LogP contribution in [-0.2, 0) is 27.0 Å². The highest BCUT2D eigenvalue weighted by atomic mass is 28.4. The van der Waals surface area contributed by atoms with Crippen molar-refractivity contribution >= 4 is 14.3 Å². The molecule has 4 heteroatoms. The van der Waals surface area contributed by atoms with E-state index in [4.69, 9.17) is 9.16 Å². The van der Waals surface area contributed by atoms with Gasteiger partial charge < -0.3 is 9.16 Å². The van der Waals surface area contributed by atoms with Gasteiger partial charge in [0, 0.05) is 0 Å². The predicted molar refractivity (Wildman–Crippen MR) is 93.0 cm³/mol. The van der Waals surface area contributed by atoms with Gasteiger partial charge >= 0.3 is 0 Å². The SMILES string of the molecule is C=C(C)OCc1cccc(CC(=O)O[Si](C)(C)C(C)(C)C)c1. The molecule has 0 bridgehead atoms. The van der Waals surface area contributed by atoms with Gasteiger partial charge in [0.2, 0.25) is 0 Å². The van der Waals surface area contributed by atoms with Crippen LogP contribution in [0.15, 0.2) is 36.6 Å². The Balaban J connectivity index is 2.69. The van der Waals surface area contributed by atoms with Gasteiger partial charge in [0.25, 0.3) is 14.3 Å². The van der Waals surface area contributed by atoms with Crippen molar-refractivity contribution in [1.29, 1.82) is 0 Å². The van der Waals surface area contributed by atoms with E-state index in [0.29, 0.717) is 18.8 Å². The van der Waals surface area contributed by atoms with Crippen LogP contribution in [0.3, 0.4) is 0 Å². The molecule has 1 aromatic rings. The number of benzene rings is 1. The summed E-state index contributed by atoms with van der Waals surface area (Å²) in [6.45, 7) is 16.6. The van der Waals surface area contributed by atoms with Crippen molar-refractivity contribution in [2.45, 2.75) is 58.9 Å². The maximum atomic E-state index is 12.2. The third kappa shape index (κ3) is 5.68. The molecule has 0 fully saturated rings. The number of carbonyl (C=O) groups is 1. The largest absolute Gasteiger partial charge is 0.519 e. The van der Waals surface area contributed by atoms with E-state index in [-0.39, 0.29) is 11.0 Å². The zero-order valence-corrected chi connectivity index (χ0v) is 15.7. The van der Waals surface area contributed by atoms with Gasteiger partial charge in [0.05, 0.1) is 12.2 Å². The molecule has 0 saturated heterocycles. The summed E-state index contributed by atoms with van der Waals surface area (Å²) in [6, 6.07) is 7.84. The zero-order valence-electron chi connectivity index (χ0n) is 14.7. The molecule has 22 heavy (non-hydrogen) atoms. The van der Waals surface area contributed by atoms with Crippen LogP contribution in [0, 0.1) is 0 Å². The van der Waals surface area contributed by atoms with Crippen molar-refractivity contribution in [2.24, 2.45) is 0 Å². The summed E-state index contributed by atoms with van der Waals surface area (Å²) in [7, 11) is -2.05. The Bertz CT molecular complexity index is 542. The first-order chi connectivity index (χ1) is 10.0. The molecule has 0 atom stereocenters. The van der Waals surface area contributed by atoms with Crippen LogP contribution in [0.25, 0.3) is 0 Å². The number of rotatable bonds is 6. The number of carbonyl (C=O) groups excluding carboxylic acids is 1. The van der Waals surface area contributed by atoms with Gasteiger partial charge in [-0.2, -0.15) is 0 Å². The lowest BCUT2D eigenvalue weighted by atomic mass is 10.1. The molecule has 0 radical (unpaired) electrons. The van der Waals surface area contributed by atoms with Gasteiger partial charge in [0.1, 0.15) is 6.61 Å². The molecule has 0 spiro atoms. The first-order valence-electron chi connectivity index (χ1n) is 7.59. The van der Waals surface area contributed by atoms with E-state index in [0.717, 1.165) is 11.1 Å².